The van der Waals surface area contributed by atoms with Crippen LogP contribution in [0.25, 0.3) is 0 Å². The normalized spacial score (nSPS) is 12.6. The Morgan fingerprint density at radius 1 is 0.941 bits per heavy atom. The minimum Gasteiger partial charge on any atom is -0.505 e. The molecule has 0 heterocycles. The van der Waals surface area contributed by atoms with Crippen LogP contribution in [0.15, 0.2) is 15.9 Å². The van der Waals surface area contributed by atoms with Crippen LogP contribution in [-0.2, 0) is 20.2 Å². The van der Waals surface area contributed by atoms with Gasteiger partial charge in [-0.1, -0.05) is 11.6 Å². The van der Waals surface area contributed by atoms with Gasteiger partial charge in [0, 0.05) is 0 Å². The number of rotatable bonds is 2. The Morgan fingerprint density at radius 2 is 1.41 bits per heavy atom. The molecule has 0 spiro atoms. The van der Waals surface area contributed by atoms with Gasteiger partial charge in [0.1, 0.15) is 4.90 Å². The van der Waals surface area contributed by atoms with E-state index in [4.69, 9.17) is 20.7 Å². The average Bonchev–Trinajstić information content (AvgIpc) is 2.07. The number of aromatic hydroxyl groups is 2. The zero-order valence-electron chi connectivity index (χ0n) is 7.69. The number of halogens is 1. The maximum atomic E-state index is 10.8. The first kappa shape index (κ1) is 14.0. The third-order valence-electron chi connectivity index (χ3n) is 1.68. The van der Waals surface area contributed by atoms with Crippen LogP contribution in [-0.4, -0.2) is 36.2 Å². The van der Waals surface area contributed by atoms with Crippen molar-refractivity contribution in [2.45, 2.75) is 9.79 Å². The maximum absolute atomic E-state index is 10.8. The predicted octanol–water partition coefficient (Wildman–Crippen LogP) is 0.245. The fraction of sp³-hybridized carbons (Fsp3) is 0. The zero-order valence-corrected chi connectivity index (χ0v) is 10.1. The van der Waals surface area contributed by atoms with Gasteiger partial charge >= 0.3 is 10.1 Å². The molecule has 11 heteroatoms. The number of benzene rings is 1. The summed E-state index contributed by atoms with van der Waals surface area (Å²) >= 11 is 5.29. The molecule has 0 aliphatic heterocycles. The van der Waals surface area contributed by atoms with E-state index in [1.807, 2.05) is 0 Å². The van der Waals surface area contributed by atoms with Crippen molar-refractivity contribution in [3.8, 4) is 11.5 Å². The van der Waals surface area contributed by atoms with E-state index in [2.05, 4.69) is 0 Å². The van der Waals surface area contributed by atoms with Crippen molar-refractivity contribution in [1.29, 1.82) is 0 Å². The van der Waals surface area contributed by atoms with Gasteiger partial charge in [-0.25, -0.2) is 0 Å². The Bertz CT molecular complexity index is 674. The quantitative estimate of drug-likeness (QED) is 0.568. The van der Waals surface area contributed by atoms with Crippen molar-refractivity contribution in [2.24, 2.45) is 0 Å². The third kappa shape index (κ3) is 2.61. The largest absolute Gasteiger partial charge is 0.505 e. The molecule has 1 rings (SSSR count). The molecule has 0 aromatic heterocycles. The molecule has 96 valence electrons. The molecule has 0 unspecified atom stereocenters. The molecule has 1 aromatic rings. The van der Waals surface area contributed by atoms with Gasteiger partial charge in [-0.15, -0.1) is 0 Å². The van der Waals surface area contributed by atoms with E-state index in [1.165, 1.54) is 0 Å². The summed E-state index contributed by atoms with van der Waals surface area (Å²) in [5, 5.41) is 17.7. The Kier molecular flexibility index (Phi) is 3.29. The van der Waals surface area contributed by atoms with Gasteiger partial charge in [0.05, 0.1) is 5.02 Å². The predicted molar refractivity (Wildman–Crippen MR) is 54.4 cm³/mol. The summed E-state index contributed by atoms with van der Waals surface area (Å²) in [6, 6.07) is 0.427. The first-order valence-corrected chi connectivity index (χ1v) is 6.91. The fourth-order valence-corrected chi connectivity index (χ4v) is 2.74. The maximum Gasteiger partial charge on any atom is 0.302 e. The van der Waals surface area contributed by atoms with Crippen LogP contribution in [0.3, 0.4) is 0 Å². The highest BCUT2D eigenvalue weighted by Crippen LogP contribution is 2.41. The van der Waals surface area contributed by atoms with Crippen molar-refractivity contribution in [2.75, 3.05) is 0 Å². The summed E-state index contributed by atoms with van der Waals surface area (Å²) < 4.78 is 60.5. The van der Waals surface area contributed by atoms with Crippen LogP contribution in [0.1, 0.15) is 0 Å². The lowest BCUT2D eigenvalue weighted by Crippen LogP contribution is -2.05. The van der Waals surface area contributed by atoms with E-state index in [0.29, 0.717) is 6.07 Å². The molecule has 0 amide bonds. The molecule has 0 saturated heterocycles. The van der Waals surface area contributed by atoms with Crippen LogP contribution < -0.4 is 0 Å². The summed E-state index contributed by atoms with van der Waals surface area (Å²) in [7, 11) is -10.1. The number of hydrogen-bond acceptors (Lipinski definition) is 6. The Labute approximate surface area is 101 Å². The monoisotopic (exact) mass is 304 g/mol. The van der Waals surface area contributed by atoms with E-state index >= 15 is 0 Å². The van der Waals surface area contributed by atoms with Gasteiger partial charge in [0.25, 0.3) is 10.1 Å². The van der Waals surface area contributed by atoms with Crippen LogP contribution in [0.4, 0.5) is 0 Å². The molecule has 0 aliphatic rings. The molecular formula is C6H5ClO8S2. The summed E-state index contributed by atoms with van der Waals surface area (Å²) in [4.78, 5) is -2.76. The van der Waals surface area contributed by atoms with Crippen molar-refractivity contribution in [1.82, 2.24) is 0 Å². The minimum atomic E-state index is -5.13. The lowest BCUT2D eigenvalue weighted by atomic mass is 10.3. The smallest absolute Gasteiger partial charge is 0.302 e. The fourth-order valence-electron chi connectivity index (χ4n) is 1.03. The number of hydrogen-bond donors (Lipinski definition) is 4. The molecule has 8 nitrogen and oxygen atoms in total. The molecule has 0 atom stereocenters. The lowest BCUT2D eigenvalue weighted by Gasteiger charge is -2.09. The van der Waals surface area contributed by atoms with E-state index in [0.717, 1.165) is 0 Å². The Balaban J connectivity index is 3.93. The van der Waals surface area contributed by atoms with Crippen molar-refractivity contribution < 1.29 is 36.2 Å². The average molecular weight is 305 g/mol. The highest BCUT2D eigenvalue weighted by Gasteiger charge is 2.30. The topological polar surface area (TPSA) is 149 Å². The summed E-state index contributed by atoms with van der Waals surface area (Å²) in [5.74, 6) is -2.77. The number of phenols is 2. The third-order valence-corrected chi connectivity index (χ3v) is 3.74. The zero-order chi connectivity index (χ0) is 13.6. The summed E-state index contributed by atoms with van der Waals surface area (Å²) in [6.07, 6.45) is 0. The highest BCUT2D eigenvalue weighted by atomic mass is 35.5. The van der Waals surface area contributed by atoms with Crippen LogP contribution in [0.2, 0.25) is 5.02 Å². The van der Waals surface area contributed by atoms with Gasteiger partial charge in [-0.05, 0) is 6.07 Å². The second-order valence-electron chi connectivity index (χ2n) is 2.83. The van der Waals surface area contributed by atoms with E-state index in [1.54, 1.807) is 0 Å². The Morgan fingerprint density at radius 3 is 1.76 bits per heavy atom. The van der Waals surface area contributed by atoms with E-state index in [-0.39, 0.29) is 0 Å². The summed E-state index contributed by atoms with van der Waals surface area (Å²) in [5.41, 5.74) is 0. The lowest BCUT2D eigenvalue weighted by molar-refractivity contribution is 0.398. The van der Waals surface area contributed by atoms with Crippen molar-refractivity contribution in [3.63, 3.8) is 0 Å². The second kappa shape index (κ2) is 3.99. The first-order chi connectivity index (χ1) is 7.46. The van der Waals surface area contributed by atoms with Crippen LogP contribution >= 0.6 is 11.6 Å². The molecule has 0 radical (unpaired) electrons. The standard InChI is InChI=1S/C6H5ClO8S2/c7-2-1-3(16(10,11)12)5(9)6(4(2)8)17(13,14)15/h1,8-9H,(H,10,11,12)(H,13,14,15). The van der Waals surface area contributed by atoms with E-state index < -0.39 is 46.5 Å². The Hall–Kier alpha value is -1.07. The van der Waals surface area contributed by atoms with Crippen molar-refractivity contribution in [3.05, 3.63) is 11.1 Å². The van der Waals surface area contributed by atoms with Crippen molar-refractivity contribution >= 4 is 31.8 Å². The summed E-state index contributed by atoms with van der Waals surface area (Å²) in [6.45, 7) is 0. The van der Waals surface area contributed by atoms with Gasteiger partial charge in [0.15, 0.2) is 16.4 Å². The van der Waals surface area contributed by atoms with Gasteiger partial charge in [0.2, 0.25) is 0 Å². The second-order valence-corrected chi connectivity index (χ2v) is 5.99. The SMILES string of the molecule is O=S(=O)(O)c1cc(Cl)c(O)c(S(=O)(=O)O)c1O. The van der Waals surface area contributed by atoms with Gasteiger partial charge in [-0.3, -0.25) is 9.11 Å². The van der Waals surface area contributed by atoms with Gasteiger partial charge < -0.3 is 10.2 Å². The molecule has 0 fully saturated rings. The van der Waals surface area contributed by atoms with E-state index in [9.17, 15) is 27.0 Å². The van der Waals surface area contributed by atoms with Crippen LogP contribution in [0, 0.1) is 0 Å². The molecule has 0 bridgehead atoms. The molecular weight excluding hydrogens is 300 g/mol. The highest BCUT2D eigenvalue weighted by molar-refractivity contribution is 7.87. The van der Waals surface area contributed by atoms with Gasteiger partial charge in [-0.2, -0.15) is 16.8 Å². The molecule has 0 aliphatic carbocycles. The molecule has 0 saturated carbocycles. The van der Waals surface area contributed by atoms with Crippen LogP contribution in [0.5, 0.6) is 11.5 Å². The molecule has 1 aromatic carbocycles. The molecule has 4 N–H and O–H groups in total. The number of phenolic OH excluding ortho intramolecular Hbond substituents is 2. The first-order valence-electron chi connectivity index (χ1n) is 3.65. The minimum absolute atomic E-state index is 0.427. The molecule has 17 heavy (non-hydrogen) atoms.